The van der Waals surface area contributed by atoms with Crippen molar-refractivity contribution in [1.82, 2.24) is 0 Å². The molecular formula is C50H33N3S2. The van der Waals surface area contributed by atoms with E-state index in [2.05, 4.69) is 204 Å². The molecule has 0 saturated heterocycles. The minimum Gasteiger partial charge on any atom is -0.355 e. The fraction of sp³-hybridized carbons (Fsp3) is 0. The second-order valence-corrected chi connectivity index (χ2v) is 16.2. The molecule has 0 amide bonds. The third kappa shape index (κ3) is 5.82. The van der Waals surface area contributed by atoms with Crippen molar-refractivity contribution in [3.63, 3.8) is 0 Å². The third-order valence-corrected chi connectivity index (χ3v) is 12.8. The predicted octanol–water partition coefficient (Wildman–Crippen LogP) is 15.7. The monoisotopic (exact) mass is 739 g/mol. The molecule has 55 heavy (non-hydrogen) atoms. The van der Waals surface area contributed by atoms with Crippen molar-refractivity contribution in [3.8, 4) is 0 Å². The summed E-state index contributed by atoms with van der Waals surface area (Å²) in [6.07, 6.45) is 0. The molecule has 9 aromatic carbocycles. The molecule has 5 heteroatoms. The lowest BCUT2D eigenvalue weighted by molar-refractivity contribution is 1.29. The van der Waals surface area contributed by atoms with Gasteiger partial charge in [0.15, 0.2) is 0 Å². The molecule has 0 saturated carbocycles. The number of anilines is 7. The molecule has 0 fully saturated rings. The lowest BCUT2D eigenvalue weighted by atomic mass is 10.1. The maximum Gasteiger partial charge on any atom is 0.0503 e. The molecule has 0 aliphatic heterocycles. The smallest absolute Gasteiger partial charge is 0.0503 e. The van der Waals surface area contributed by atoms with Crippen molar-refractivity contribution in [2.45, 2.75) is 0 Å². The van der Waals surface area contributed by atoms with E-state index in [1.807, 2.05) is 22.7 Å². The Morgan fingerprint density at radius 1 is 0.291 bits per heavy atom. The highest BCUT2D eigenvalue weighted by Crippen LogP contribution is 2.42. The molecule has 3 nitrogen and oxygen atoms in total. The second-order valence-electron chi connectivity index (χ2n) is 14.0. The van der Waals surface area contributed by atoms with E-state index < -0.39 is 0 Å². The highest BCUT2D eigenvalue weighted by molar-refractivity contribution is 7.26. The Bertz CT molecular complexity index is 3030. The van der Waals surface area contributed by atoms with Gasteiger partial charge in [-0.2, -0.15) is 0 Å². The van der Waals surface area contributed by atoms with Crippen molar-refractivity contribution in [3.05, 3.63) is 188 Å². The Balaban J connectivity index is 1.08. The molecule has 260 valence electrons. The van der Waals surface area contributed by atoms with E-state index in [9.17, 15) is 0 Å². The van der Waals surface area contributed by atoms with Crippen molar-refractivity contribution in [2.75, 3.05) is 15.5 Å². The van der Waals surface area contributed by atoms with Crippen LogP contribution in [-0.4, -0.2) is 0 Å². The lowest BCUT2D eigenvalue weighted by Crippen LogP contribution is -2.11. The second kappa shape index (κ2) is 13.0. The van der Waals surface area contributed by atoms with Crippen molar-refractivity contribution in [1.29, 1.82) is 0 Å². The fourth-order valence-corrected chi connectivity index (χ4v) is 10.1. The minimum absolute atomic E-state index is 0.993. The van der Waals surface area contributed by atoms with Crippen molar-refractivity contribution >= 4 is 124 Å². The third-order valence-electron chi connectivity index (χ3n) is 10.5. The van der Waals surface area contributed by atoms with Gasteiger partial charge in [0, 0.05) is 74.5 Å². The Morgan fingerprint density at radius 3 is 1.24 bits per heavy atom. The summed E-state index contributed by atoms with van der Waals surface area (Å²) in [7, 11) is 0. The van der Waals surface area contributed by atoms with E-state index in [4.69, 9.17) is 0 Å². The molecule has 0 aliphatic carbocycles. The van der Waals surface area contributed by atoms with Crippen LogP contribution in [0.5, 0.6) is 0 Å². The summed E-state index contributed by atoms with van der Waals surface area (Å²) in [5.74, 6) is 0. The average molecular weight is 740 g/mol. The number of nitrogens with one attached hydrogen (secondary N) is 2. The fourth-order valence-electron chi connectivity index (χ4n) is 7.90. The Labute approximate surface area is 326 Å². The summed E-state index contributed by atoms with van der Waals surface area (Å²) in [5, 5.41) is 17.6. The first-order chi connectivity index (χ1) is 27.2. The summed E-state index contributed by atoms with van der Waals surface area (Å²) in [6, 6.07) is 68.2. The molecule has 0 unspecified atom stereocenters. The Morgan fingerprint density at radius 2 is 0.727 bits per heavy atom. The van der Waals surface area contributed by atoms with Gasteiger partial charge in [-0.15, -0.1) is 22.7 Å². The number of thiophene rings is 2. The maximum absolute atomic E-state index is 3.82. The van der Waals surface area contributed by atoms with Crippen LogP contribution < -0.4 is 15.5 Å². The molecule has 2 N–H and O–H groups in total. The standard InChI is InChI=1S/C50H33N3S2/c1-3-11-34-25-40(21-17-32(34)9-1)53(41-22-18-33-10-2-4-12-35(33)26-41)42-28-38(51-36-19-23-49-45(30-36)43-13-5-7-15-47(43)54-49)27-39(29-42)52-37-20-24-50-46(31-37)44-14-6-8-16-48(44)55-50/h1-31,51-52H. The number of nitrogens with zero attached hydrogens (tertiary/aromatic N) is 1. The van der Waals surface area contributed by atoms with E-state index in [0.29, 0.717) is 0 Å². The summed E-state index contributed by atoms with van der Waals surface area (Å²) in [6.45, 7) is 0. The van der Waals surface area contributed by atoms with Crippen LogP contribution in [0, 0.1) is 0 Å². The van der Waals surface area contributed by atoms with Crippen LogP contribution >= 0.6 is 22.7 Å². The summed E-state index contributed by atoms with van der Waals surface area (Å²) >= 11 is 3.68. The quantitative estimate of drug-likeness (QED) is 0.170. The molecule has 0 bridgehead atoms. The number of rotatable bonds is 7. The zero-order valence-corrected chi connectivity index (χ0v) is 31.3. The van der Waals surface area contributed by atoms with Gasteiger partial charge in [0.2, 0.25) is 0 Å². The molecule has 11 rings (SSSR count). The summed E-state index contributed by atoms with van der Waals surface area (Å²) < 4.78 is 5.19. The van der Waals surface area contributed by atoms with Crippen LogP contribution in [0.15, 0.2) is 188 Å². The highest BCUT2D eigenvalue weighted by Gasteiger charge is 2.17. The largest absolute Gasteiger partial charge is 0.355 e. The molecule has 0 radical (unpaired) electrons. The van der Waals surface area contributed by atoms with Gasteiger partial charge >= 0.3 is 0 Å². The average Bonchev–Trinajstić information content (AvgIpc) is 3.79. The molecule has 11 aromatic rings. The molecular weight excluding hydrogens is 707 g/mol. The maximum atomic E-state index is 3.82. The van der Waals surface area contributed by atoms with Crippen LogP contribution in [0.4, 0.5) is 39.8 Å². The van der Waals surface area contributed by atoms with E-state index in [0.717, 1.165) is 39.8 Å². The lowest BCUT2D eigenvalue weighted by Gasteiger charge is -2.27. The van der Waals surface area contributed by atoms with E-state index in [1.165, 1.54) is 61.9 Å². The van der Waals surface area contributed by atoms with E-state index in [1.54, 1.807) is 0 Å². The number of fused-ring (bicyclic) bond motifs is 8. The van der Waals surface area contributed by atoms with Crippen molar-refractivity contribution < 1.29 is 0 Å². The SMILES string of the molecule is c1ccc2cc(N(c3cc(Nc4ccc5sc6ccccc6c5c4)cc(Nc4ccc5sc6ccccc6c5c4)c3)c3ccc4ccccc4c3)ccc2c1. The van der Waals surface area contributed by atoms with Gasteiger partial charge in [-0.1, -0.05) is 97.1 Å². The highest BCUT2D eigenvalue weighted by atomic mass is 32.1. The number of benzene rings is 9. The van der Waals surface area contributed by atoms with Crippen LogP contribution in [-0.2, 0) is 0 Å². The Kier molecular flexibility index (Phi) is 7.54. The molecule has 0 spiro atoms. The van der Waals surface area contributed by atoms with Gasteiger partial charge < -0.3 is 15.5 Å². The minimum atomic E-state index is 0.993. The Hall–Kier alpha value is -6.66. The first-order valence-electron chi connectivity index (χ1n) is 18.5. The zero-order valence-electron chi connectivity index (χ0n) is 29.7. The van der Waals surface area contributed by atoms with Crippen molar-refractivity contribution in [2.24, 2.45) is 0 Å². The predicted molar refractivity (Wildman–Crippen MR) is 241 cm³/mol. The van der Waals surface area contributed by atoms with Crippen LogP contribution in [0.1, 0.15) is 0 Å². The summed E-state index contributed by atoms with van der Waals surface area (Å²) in [4.78, 5) is 2.38. The van der Waals surface area contributed by atoms with Crippen LogP contribution in [0.2, 0.25) is 0 Å². The topological polar surface area (TPSA) is 27.3 Å². The van der Waals surface area contributed by atoms with Gasteiger partial charge in [-0.3, -0.25) is 0 Å². The first kappa shape index (κ1) is 31.8. The zero-order chi connectivity index (χ0) is 36.3. The number of hydrogen-bond donors (Lipinski definition) is 2. The first-order valence-corrected chi connectivity index (χ1v) is 20.1. The number of hydrogen-bond acceptors (Lipinski definition) is 5. The van der Waals surface area contributed by atoms with Gasteiger partial charge in [-0.25, -0.2) is 0 Å². The molecule has 0 atom stereocenters. The van der Waals surface area contributed by atoms with Gasteiger partial charge in [0.25, 0.3) is 0 Å². The normalized spacial score (nSPS) is 11.6. The van der Waals surface area contributed by atoms with Crippen LogP contribution in [0.3, 0.4) is 0 Å². The molecule has 0 aliphatic rings. The van der Waals surface area contributed by atoms with E-state index >= 15 is 0 Å². The van der Waals surface area contributed by atoms with Gasteiger partial charge in [0.1, 0.15) is 0 Å². The van der Waals surface area contributed by atoms with Gasteiger partial charge in [-0.05, 0) is 113 Å². The van der Waals surface area contributed by atoms with E-state index in [-0.39, 0.29) is 0 Å². The van der Waals surface area contributed by atoms with Gasteiger partial charge in [0.05, 0.1) is 5.69 Å². The molecule has 2 heterocycles. The molecule has 2 aromatic heterocycles. The summed E-state index contributed by atoms with van der Waals surface area (Å²) in [5.41, 5.74) is 7.31. The van der Waals surface area contributed by atoms with Crippen LogP contribution in [0.25, 0.3) is 61.9 Å².